The third kappa shape index (κ3) is 3.24. The van der Waals surface area contributed by atoms with Crippen molar-refractivity contribution >= 4 is 5.91 Å². The van der Waals surface area contributed by atoms with Crippen LogP contribution in [0.15, 0.2) is 18.2 Å². The summed E-state index contributed by atoms with van der Waals surface area (Å²) in [5, 5.41) is 3.05. The van der Waals surface area contributed by atoms with Crippen molar-refractivity contribution < 1.29 is 9.53 Å². The molecule has 0 bridgehead atoms. The van der Waals surface area contributed by atoms with Gasteiger partial charge in [-0.25, -0.2) is 0 Å². The number of hydrogen-bond acceptors (Lipinski definition) is 3. The largest absolute Gasteiger partial charge is 0.496 e. The molecule has 0 heterocycles. The first-order valence-electron chi connectivity index (χ1n) is 5.21. The third-order valence-corrected chi connectivity index (χ3v) is 2.46. The monoisotopic (exact) mass is 222 g/mol. The van der Waals surface area contributed by atoms with E-state index in [0.29, 0.717) is 6.54 Å². The molecule has 0 radical (unpaired) electrons. The van der Waals surface area contributed by atoms with Gasteiger partial charge in [0.2, 0.25) is 5.91 Å². The summed E-state index contributed by atoms with van der Waals surface area (Å²) >= 11 is 0. The fourth-order valence-electron chi connectivity index (χ4n) is 1.41. The summed E-state index contributed by atoms with van der Waals surface area (Å²) < 4.78 is 5.24. The maximum absolute atomic E-state index is 10.9. The molecule has 1 atom stereocenters. The van der Waals surface area contributed by atoms with Crippen molar-refractivity contribution in [2.24, 2.45) is 5.73 Å². The number of rotatable bonds is 5. The Labute approximate surface area is 95.8 Å². The molecule has 0 aromatic heterocycles. The molecule has 1 amide bonds. The molecular weight excluding hydrogens is 204 g/mol. The number of benzene rings is 1. The quantitative estimate of drug-likeness (QED) is 0.780. The van der Waals surface area contributed by atoms with E-state index in [1.165, 1.54) is 0 Å². The van der Waals surface area contributed by atoms with Crippen molar-refractivity contribution in [1.82, 2.24) is 5.32 Å². The Morgan fingerprint density at radius 1 is 1.56 bits per heavy atom. The fraction of sp³-hybridized carbons (Fsp3) is 0.417. The number of amides is 1. The van der Waals surface area contributed by atoms with Gasteiger partial charge >= 0.3 is 0 Å². The van der Waals surface area contributed by atoms with E-state index in [0.717, 1.165) is 16.9 Å². The topological polar surface area (TPSA) is 64.3 Å². The highest BCUT2D eigenvalue weighted by Gasteiger charge is 2.09. The molecule has 1 rings (SSSR count). The summed E-state index contributed by atoms with van der Waals surface area (Å²) in [6.07, 6.45) is 0. The average molecular weight is 222 g/mol. The van der Waals surface area contributed by atoms with Gasteiger partial charge < -0.3 is 15.8 Å². The fourth-order valence-corrected chi connectivity index (χ4v) is 1.41. The van der Waals surface area contributed by atoms with Crippen LogP contribution in [0.3, 0.4) is 0 Å². The van der Waals surface area contributed by atoms with Crippen molar-refractivity contribution in [3.63, 3.8) is 0 Å². The highest BCUT2D eigenvalue weighted by molar-refractivity contribution is 5.79. The number of carbonyl (C=O) groups excluding carboxylic acids is 1. The van der Waals surface area contributed by atoms with Gasteiger partial charge in [0.1, 0.15) is 5.75 Å². The van der Waals surface area contributed by atoms with Gasteiger partial charge in [0.05, 0.1) is 13.2 Å². The standard InChI is InChI=1S/C12H18N2O2/c1-8-4-5-11(16-3)10(6-8)7-14-9(2)12(13)15/h4-6,9,14H,7H2,1-3H3,(H2,13,15). The second-order valence-corrected chi connectivity index (χ2v) is 3.82. The predicted octanol–water partition coefficient (Wildman–Crippen LogP) is 0.967. The molecule has 16 heavy (non-hydrogen) atoms. The highest BCUT2D eigenvalue weighted by atomic mass is 16.5. The molecule has 0 aliphatic rings. The van der Waals surface area contributed by atoms with Gasteiger partial charge in [-0.15, -0.1) is 0 Å². The van der Waals surface area contributed by atoms with Crippen LogP contribution in [0.1, 0.15) is 18.1 Å². The van der Waals surface area contributed by atoms with Crippen LogP contribution in [0.4, 0.5) is 0 Å². The van der Waals surface area contributed by atoms with Gasteiger partial charge in [-0.2, -0.15) is 0 Å². The summed E-state index contributed by atoms with van der Waals surface area (Å²) in [7, 11) is 1.63. The Kier molecular flexibility index (Phi) is 4.31. The third-order valence-electron chi connectivity index (χ3n) is 2.46. The minimum atomic E-state index is -0.355. The molecular formula is C12H18N2O2. The summed E-state index contributed by atoms with van der Waals surface area (Å²) in [5.41, 5.74) is 7.35. The number of hydrogen-bond donors (Lipinski definition) is 2. The number of primary amides is 1. The van der Waals surface area contributed by atoms with Crippen LogP contribution < -0.4 is 15.8 Å². The molecule has 4 heteroatoms. The van der Waals surface area contributed by atoms with E-state index >= 15 is 0 Å². The van der Waals surface area contributed by atoms with Gasteiger partial charge in [-0.3, -0.25) is 4.79 Å². The molecule has 0 spiro atoms. The number of ether oxygens (including phenoxy) is 1. The zero-order valence-corrected chi connectivity index (χ0v) is 9.91. The summed E-state index contributed by atoms with van der Waals surface area (Å²) in [6, 6.07) is 5.59. The van der Waals surface area contributed by atoms with Gasteiger partial charge in [-0.1, -0.05) is 17.7 Å². The van der Waals surface area contributed by atoms with E-state index in [2.05, 4.69) is 5.32 Å². The first kappa shape index (κ1) is 12.5. The zero-order chi connectivity index (χ0) is 12.1. The van der Waals surface area contributed by atoms with Crippen molar-refractivity contribution in [1.29, 1.82) is 0 Å². The molecule has 0 saturated heterocycles. The SMILES string of the molecule is COc1ccc(C)cc1CNC(C)C(N)=O. The van der Waals surface area contributed by atoms with Crippen molar-refractivity contribution in [3.05, 3.63) is 29.3 Å². The molecule has 0 aliphatic heterocycles. The zero-order valence-electron chi connectivity index (χ0n) is 9.91. The number of aryl methyl sites for hydroxylation is 1. The molecule has 1 aromatic rings. The summed E-state index contributed by atoms with van der Waals surface area (Å²) in [5.74, 6) is 0.460. The number of nitrogens with one attached hydrogen (secondary N) is 1. The second kappa shape index (κ2) is 5.51. The van der Waals surface area contributed by atoms with E-state index in [-0.39, 0.29) is 11.9 Å². The molecule has 4 nitrogen and oxygen atoms in total. The molecule has 1 aromatic carbocycles. The van der Waals surface area contributed by atoms with E-state index < -0.39 is 0 Å². The Bertz CT molecular complexity index is 377. The Hall–Kier alpha value is -1.55. The van der Waals surface area contributed by atoms with E-state index in [4.69, 9.17) is 10.5 Å². The van der Waals surface area contributed by atoms with Gasteiger partial charge in [0, 0.05) is 12.1 Å². The minimum absolute atomic E-state index is 0.342. The molecule has 0 aliphatic carbocycles. The molecule has 88 valence electrons. The predicted molar refractivity (Wildman–Crippen MR) is 63.2 cm³/mol. The lowest BCUT2D eigenvalue weighted by Gasteiger charge is -2.13. The Morgan fingerprint density at radius 3 is 2.81 bits per heavy atom. The van der Waals surface area contributed by atoms with Gasteiger partial charge in [0.15, 0.2) is 0 Å². The van der Waals surface area contributed by atoms with Crippen LogP contribution in [0, 0.1) is 6.92 Å². The van der Waals surface area contributed by atoms with Crippen LogP contribution in [-0.4, -0.2) is 19.1 Å². The van der Waals surface area contributed by atoms with E-state index in [1.54, 1.807) is 14.0 Å². The highest BCUT2D eigenvalue weighted by Crippen LogP contribution is 2.19. The maximum Gasteiger partial charge on any atom is 0.234 e. The number of nitrogens with two attached hydrogens (primary N) is 1. The lowest BCUT2D eigenvalue weighted by molar-refractivity contribution is -0.119. The number of methoxy groups -OCH3 is 1. The Morgan fingerprint density at radius 2 is 2.25 bits per heavy atom. The number of carbonyl (C=O) groups is 1. The Balaban J connectivity index is 2.72. The van der Waals surface area contributed by atoms with Crippen LogP contribution in [0.2, 0.25) is 0 Å². The molecule has 0 fully saturated rings. The van der Waals surface area contributed by atoms with E-state index in [1.807, 2.05) is 25.1 Å². The smallest absolute Gasteiger partial charge is 0.234 e. The lowest BCUT2D eigenvalue weighted by atomic mass is 10.1. The maximum atomic E-state index is 10.9. The van der Waals surface area contributed by atoms with Crippen molar-refractivity contribution in [2.75, 3.05) is 7.11 Å². The normalized spacial score (nSPS) is 12.2. The van der Waals surface area contributed by atoms with Gasteiger partial charge in [0.25, 0.3) is 0 Å². The van der Waals surface area contributed by atoms with Crippen molar-refractivity contribution in [2.45, 2.75) is 26.4 Å². The van der Waals surface area contributed by atoms with E-state index in [9.17, 15) is 4.79 Å². The average Bonchev–Trinajstić information content (AvgIpc) is 2.25. The lowest BCUT2D eigenvalue weighted by Crippen LogP contribution is -2.38. The van der Waals surface area contributed by atoms with Crippen LogP contribution in [0.5, 0.6) is 5.75 Å². The first-order valence-corrected chi connectivity index (χ1v) is 5.21. The molecule has 3 N–H and O–H groups in total. The molecule has 1 unspecified atom stereocenters. The summed E-state index contributed by atoms with van der Waals surface area (Å²) in [6.45, 7) is 4.32. The summed E-state index contributed by atoms with van der Waals surface area (Å²) in [4.78, 5) is 10.9. The minimum Gasteiger partial charge on any atom is -0.496 e. The first-order chi connectivity index (χ1) is 7.54. The van der Waals surface area contributed by atoms with Crippen LogP contribution in [0.25, 0.3) is 0 Å². The van der Waals surface area contributed by atoms with Crippen molar-refractivity contribution in [3.8, 4) is 5.75 Å². The second-order valence-electron chi connectivity index (χ2n) is 3.82. The van der Waals surface area contributed by atoms with Crippen LogP contribution in [-0.2, 0) is 11.3 Å². The van der Waals surface area contributed by atoms with Gasteiger partial charge in [-0.05, 0) is 19.9 Å². The molecule has 0 saturated carbocycles. The van der Waals surface area contributed by atoms with Crippen LogP contribution >= 0.6 is 0 Å².